The van der Waals surface area contributed by atoms with Crippen LogP contribution in [0, 0.1) is 5.41 Å². The third kappa shape index (κ3) is 11.7. The highest BCUT2D eigenvalue weighted by Crippen LogP contribution is 2.22. The van der Waals surface area contributed by atoms with Gasteiger partial charge in [-0.1, -0.05) is 33.6 Å². The molecular formula is C14H28O2. The van der Waals surface area contributed by atoms with Crippen molar-refractivity contribution in [3.05, 3.63) is 0 Å². The van der Waals surface area contributed by atoms with E-state index in [1.807, 2.05) is 13.8 Å². The van der Waals surface area contributed by atoms with E-state index in [2.05, 4.69) is 20.8 Å². The van der Waals surface area contributed by atoms with Crippen molar-refractivity contribution < 1.29 is 9.53 Å². The average Bonchev–Trinajstić information content (AvgIpc) is 2.12. The smallest absolute Gasteiger partial charge is 0.158 e. The number of ether oxygens (including phenoxy) is 1. The molecule has 0 N–H and O–H groups in total. The molecule has 2 heteroatoms. The SMILES string of the molecule is CC(C)OCC(=O)CCCCCC(C)(C)C. The zero-order valence-electron chi connectivity index (χ0n) is 11.6. The van der Waals surface area contributed by atoms with E-state index in [1.54, 1.807) is 0 Å². The van der Waals surface area contributed by atoms with E-state index in [0.29, 0.717) is 11.8 Å². The molecule has 96 valence electrons. The van der Waals surface area contributed by atoms with E-state index in [9.17, 15) is 4.79 Å². The highest BCUT2D eigenvalue weighted by Gasteiger charge is 2.09. The van der Waals surface area contributed by atoms with Gasteiger partial charge in [-0.3, -0.25) is 4.79 Å². The van der Waals surface area contributed by atoms with E-state index >= 15 is 0 Å². The van der Waals surface area contributed by atoms with Gasteiger partial charge in [0, 0.05) is 6.42 Å². The van der Waals surface area contributed by atoms with Crippen LogP contribution in [-0.2, 0) is 9.53 Å². The number of unbranched alkanes of at least 4 members (excludes halogenated alkanes) is 2. The largest absolute Gasteiger partial charge is 0.371 e. The predicted molar refractivity (Wildman–Crippen MR) is 68.6 cm³/mol. The number of rotatable bonds is 8. The third-order valence-electron chi connectivity index (χ3n) is 2.46. The van der Waals surface area contributed by atoms with E-state index < -0.39 is 0 Å². The summed E-state index contributed by atoms with van der Waals surface area (Å²) >= 11 is 0. The van der Waals surface area contributed by atoms with Crippen LogP contribution < -0.4 is 0 Å². The quantitative estimate of drug-likeness (QED) is 0.587. The molecule has 0 rings (SSSR count). The fourth-order valence-corrected chi connectivity index (χ4v) is 1.49. The number of hydrogen-bond acceptors (Lipinski definition) is 2. The molecule has 0 saturated carbocycles. The molecule has 0 aromatic heterocycles. The van der Waals surface area contributed by atoms with Gasteiger partial charge in [-0.2, -0.15) is 0 Å². The van der Waals surface area contributed by atoms with Crippen LogP contribution in [0.2, 0.25) is 0 Å². The van der Waals surface area contributed by atoms with Crippen LogP contribution in [0.3, 0.4) is 0 Å². The lowest BCUT2D eigenvalue weighted by Crippen LogP contribution is -2.13. The minimum atomic E-state index is 0.157. The van der Waals surface area contributed by atoms with Crippen LogP contribution in [-0.4, -0.2) is 18.5 Å². The third-order valence-corrected chi connectivity index (χ3v) is 2.46. The van der Waals surface area contributed by atoms with Crippen LogP contribution in [0.15, 0.2) is 0 Å². The van der Waals surface area contributed by atoms with Gasteiger partial charge in [-0.05, 0) is 32.1 Å². The van der Waals surface area contributed by atoms with Crippen molar-refractivity contribution >= 4 is 5.78 Å². The molecule has 0 aromatic carbocycles. The molecule has 0 saturated heterocycles. The van der Waals surface area contributed by atoms with Crippen molar-refractivity contribution in [2.75, 3.05) is 6.61 Å². The molecule has 0 fully saturated rings. The zero-order chi connectivity index (χ0) is 12.6. The summed E-state index contributed by atoms with van der Waals surface area (Å²) in [6, 6.07) is 0. The second kappa shape index (κ2) is 7.83. The van der Waals surface area contributed by atoms with Crippen molar-refractivity contribution in [1.29, 1.82) is 0 Å². The maximum atomic E-state index is 11.4. The summed E-state index contributed by atoms with van der Waals surface area (Å²) in [6.07, 6.45) is 5.47. The van der Waals surface area contributed by atoms with Crippen LogP contribution in [0.25, 0.3) is 0 Å². The van der Waals surface area contributed by atoms with Crippen molar-refractivity contribution in [3.8, 4) is 0 Å². The Morgan fingerprint density at radius 1 is 1.12 bits per heavy atom. The summed E-state index contributed by atoms with van der Waals surface area (Å²) in [7, 11) is 0. The Labute approximate surface area is 101 Å². The summed E-state index contributed by atoms with van der Waals surface area (Å²) < 4.78 is 5.27. The maximum Gasteiger partial charge on any atom is 0.158 e. The summed E-state index contributed by atoms with van der Waals surface area (Å²) in [5.74, 6) is 0.240. The van der Waals surface area contributed by atoms with Crippen LogP contribution in [0.4, 0.5) is 0 Å². The second-order valence-electron chi connectivity index (χ2n) is 6.02. The molecule has 0 aliphatic carbocycles. The van der Waals surface area contributed by atoms with E-state index in [4.69, 9.17) is 4.74 Å². The summed E-state index contributed by atoms with van der Waals surface area (Å²) in [6.45, 7) is 11.0. The molecule has 0 aromatic rings. The topological polar surface area (TPSA) is 26.3 Å². The first-order valence-corrected chi connectivity index (χ1v) is 6.44. The first-order chi connectivity index (χ1) is 7.31. The molecule has 0 unspecified atom stereocenters. The Morgan fingerprint density at radius 3 is 2.25 bits per heavy atom. The lowest BCUT2D eigenvalue weighted by molar-refractivity contribution is -0.125. The van der Waals surface area contributed by atoms with Gasteiger partial charge >= 0.3 is 0 Å². The van der Waals surface area contributed by atoms with Gasteiger partial charge in [0.15, 0.2) is 5.78 Å². The number of ketones is 1. The van der Waals surface area contributed by atoms with Crippen molar-refractivity contribution in [3.63, 3.8) is 0 Å². The van der Waals surface area contributed by atoms with Crippen molar-refractivity contribution in [2.45, 2.75) is 72.8 Å². The molecular weight excluding hydrogens is 200 g/mol. The normalized spacial score (nSPS) is 12.1. The molecule has 16 heavy (non-hydrogen) atoms. The van der Waals surface area contributed by atoms with Gasteiger partial charge < -0.3 is 4.74 Å². The first kappa shape index (κ1) is 15.6. The molecule has 0 aliphatic rings. The minimum absolute atomic E-state index is 0.157. The molecule has 0 spiro atoms. The second-order valence-corrected chi connectivity index (χ2v) is 6.02. The molecule has 0 bridgehead atoms. The molecule has 0 amide bonds. The molecule has 0 heterocycles. The van der Waals surface area contributed by atoms with Crippen LogP contribution >= 0.6 is 0 Å². The number of carbonyl (C=O) groups is 1. The highest BCUT2D eigenvalue weighted by atomic mass is 16.5. The summed E-state index contributed by atoms with van der Waals surface area (Å²) in [5, 5.41) is 0. The minimum Gasteiger partial charge on any atom is -0.371 e. The molecule has 2 nitrogen and oxygen atoms in total. The average molecular weight is 228 g/mol. The Kier molecular flexibility index (Phi) is 7.65. The van der Waals surface area contributed by atoms with Gasteiger partial charge in [0.2, 0.25) is 0 Å². The summed E-state index contributed by atoms with van der Waals surface area (Å²) in [4.78, 5) is 11.4. The standard InChI is InChI=1S/C14H28O2/c1-12(2)16-11-13(15)9-7-6-8-10-14(3,4)5/h12H,6-11H2,1-5H3. The lowest BCUT2D eigenvalue weighted by atomic mass is 9.89. The maximum absolute atomic E-state index is 11.4. The van der Waals surface area contributed by atoms with Crippen molar-refractivity contribution in [1.82, 2.24) is 0 Å². The van der Waals surface area contributed by atoms with Crippen molar-refractivity contribution in [2.24, 2.45) is 5.41 Å². The fourth-order valence-electron chi connectivity index (χ4n) is 1.49. The Balaban J connectivity index is 3.35. The fraction of sp³-hybridized carbons (Fsp3) is 0.929. The van der Waals surface area contributed by atoms with E-state index in [0.717, 1.165) is 12.8 Å². The van der Waals surface area contributed by atoms with Gasteiger partial charge in [0.25, 0.3) is 0 Å². The predicted octanol–water partition coefficient (Wildman–Crippen LogP) is 3.98. The molecule has 0 atom stereocenters. The molecule has 0 radical (unpaired) electrons. The van der Waals surface area contributed by atoms with E-state index in [1.165, 1.54) is 12.8 Å². The number of hydrogen-bond donors (Lipinski definition) is 0. The van der Waals surface area contributed by atoms with E-state index in [-0.39, 0.29) is 18.5 Å². The monoisotopic (exact) mass is 228 g/mol. The summed E-state index contributed by atoms with van der Waals surface area (Å²) in [5.41, 5.74) is 0.421. The Hall–Kier alpha value is -0.370. The highest BCUT2D eigenvalue weighted by molar-refractivity contribution is 5.79. The number of Topliss-reactive ketones (excluding diaryl/α,β-unsaturated/α-hetero) is 1. The Bertz CT molecular complexity index is 189. The van der Waals surface area contributed by atoms with Crippen LogP contribution in [0.1, 0.15) is 66.7 Å². The lowest BCUT2D eigenvalue weighted by Gasteiger charge is -2.17. The Morgan fingerprint density at radius 2 is 1.75 bits per heavy atom. The first-order valence-electron chi connectivity index (χ1n) is 6.44. The van der Waals surface area contributed by atoms with Crippen LogP contribution in [0.5, 0.6) is 0 Å². The van der Waals surface area contributed by atoms with Gasteiger partial charge in [0.05, 0.1) is 6.10 Å². The van der Waals surface area contributed by atoms with Gasteiger partial charge in [-0.25, -0.2) is 0 Å². The van der Waals surface area contributed by atoms with Gasteiger partial charge in [0.1, 0.15) is 6.61 Å². The zero-order valence-corrected chi connectivity index (χ0v) is 11.6. The van der Waals surface area contributed by atoms with Gasteiger partial charge in [-0.15, -0.1) is 0 Å². The number of carbonyl (C=O) groups excluding carboxylic acids is 1. The molecule has 0 aliphatic heterocycles.